The number of thiazole rings is 1. The van der Waals surface area contributed by atoms with E-state index in [4.69, 9.17) is 37.7 Å². The Labute approximate surface area is 193 Å². The normalized spacial score (nSPS) is 11.3. The van der Waals surface area contributed by atoms with Crippen molar-refractivity contribution in [1.29, 1.82) is 0 Å². The Balaban J connectivity index is 2.02. The minimum absolute atomic E-state index is 0.215. The Bertz CT molecular complexity index is 993. The quantitative estimate of drug-likeness (QED) is 0.389. The molecular formula is C20H23Cl2N3O3S2. The van der Waals surface area contributed by atoms with Crippen LogP contribution in [0.25, 0.3) is 10.2 Å². The van der Waals surface area contributed by atoms with Crippen molar-refractivity contribution in [3.8, 4) is 11.5 Å². The first-order valence-electron chi connectivity index (χ1n) is 9.43. The summed E-state index contributed by atoms with van der Waals surface area (Å²) in [6.45, 7) is 7.20. The molecule has 10 heteroatoms. The number of hydrogen-bond donors (Lipinski definition) is 0. The molecule has 0 N–H and O–H groups in total. The summed E-state index contributed by atoms with van der Waals surface area (Å²) in [4.78, 5) is 22.0. The van der Waals surface area contributed by atoms with Gasteiger partial charge in [0.1, 0.15) is 4.34 Å². The molecule has 0 aliphatic carbocycles. The van der Waals surface area contributed by atoms with Crippen LogP contribution < -0.4 is 14.4 Å². The van der Waals surface area contributed by atoms with Gasteiger partial charge in [0, 0.05) is 25.2 Å². The van der Waals surface area contributed by atoms with E-state index in [1.165, 1.54) is 22.7 Å². The van der Waals surface area contributed by atoms with Crippen LogP contribution in [0.4, 0.5) is 5.13 Å². The van der Waals surface area contributed by atoms with E-state index in [0.29, 0.717) is 37.4 Å². The number of thiophene rings is 1. The zero-order valence-corrected chi connectivity index (χ0v) is 20.3. The molecule has 2 heterocycles. The highest BCUT2D eigenvalue weighted by Crippen LogP contribution is 2.38. The highest BCUT2D eigenvalue weighted by Gasteiger charge is 2.25. The minimum atomic E-state index is -0.215. The lowest BCUT2D eigenvalue weighted by Gasteiger charge is -2.24. The lowest BCUT2D eigenvalue weighted by atomic mass is 10.3. The van der Waals surface area contributed by atoms with E-state index in [-0.39, 0.29) is 5.91 Å². The molecule has 30 heavy (non-hydrogen) atoms. The second-order valence-corrected chi connectivity index (χ2v) is 9.69. The average molecular weight is 488 g/mol. The van der Waals surface area contributed by atoms with Gasteiger partial charge in [-0.15, -0.1) is 11.3 Å². The maximum Gasteiger partial charge on any atom is 0.262 e. The number of rotatable bonds is 9. The third kappa shape index (κ3) is 4.84. The Hall–Kier alpha value is -1.58. The van der Waals surface area contributed by atoms with Gasteiger partial charge in [-0.1, -0.05) is 48.4 Å². The van der Waals surface area contributed by atoms with Gasteiger partial charge < -0.3 is 14.4 Å². The van der Waals surface area contributed by atoms with Crippen molar-refractivity contribution in [2.45, 2.75) is 13.8 Å². The summed E-state index contributed by atoms with van der Waals surface area (Å²) in [7, 11) is 3.17. The third-order valence-corrected chi connectivity index (χ3v) is 7.31. The van der Waals surface area contributed by atoms with E-state index in [2.05, 4.69) is 18.7 Å². The van der Waals surface area contributed by atoms with E-state index in [1.807, 2.05) is 12.1 Å². The Kier molecular flexibility index (Phi) is 7.81. The number of methoxy groups -OCH3 is 2. The van der Waals surface area contributed by atoms with Crippen molar-refractivity contribution in [2.24, 2.45) is 0 Å². The van der Waals surface area contributed by atoms with Gasteiger partial charge in [0.05, 0.1) is 34.3 Å². The number of carbonyl (C=O) groups is 1. The van der Waals surface area contributed by atoms with E-state index in [0.717, 1.165) is 29.9 Å². The Morgan fingerprint density at radius 1 is 1.03 bits per heavy atom. The van der Waals surface area contributed by atoms with Crippen molar-refractivity contribution in [2.75, 3.05) is 45.3 Å². The smallest absolute Gasteiger partial charge is 0.262 e. The lowest BCUT2D eigenvalue weighted by molar-refractivity contribution is 0.0984. The topological polar surface area (TPSA) is 54.9 Å². The molecule has 6 nitrogen and oxygen atoms in total. The van der Waals surface area contributed by atoms with Gasteiger partial charge in [-0.25, -0.2) is 4.98 Å². The molecule has 1 amide bonds. The highest BCUT2D eigenvalue weighted by atomic mass is 35.5. The van der Waals surface area contributed by atoms with Crippen LogP contribution >= 0.6 is 45.9 Å². The number of carbonyl (C=O) groups excluding carboxylic acids is 1. The number of likely N-dealkylation sites (N-methyl/N-ethyl adjacent to an activating group) is 1. The van der Waals surface area contributed by atoms with Crippen LogP contribution in [0.2, 0.25) is 8.67 Å². The summed E-state index contributed by atoms with van der Waals surface area (Å²) in [5.74, 6) is 0.998. The predicted molar refractivity (Wildman–Crippen MR) is 127 cm³/mol. The number of benzene rings is 1. The fraction of sp³-hybridized carbons (Fsp3) is 0.400. The summed E-state index contributed by atoms with van der Waals surface area (Å²) in [6.07, 6.45) is 0. The fourth-order valence-corrected chi connectivity index (χ4v) is 5.50. The van der Waals surface area contributed by atoms with Crippen molar-refractivity contribution in [3.63, 3.8) is 0 Å². The number of hydrogen-bond acceptors (Lipinski definition) is 7. The third-order valence-electron chi connectivity index (χ3n) is 4.78. The maximum absolute atomic E-state index is 13.4. The van der Waals surface area contributed by atoms with Gasteiger partial charge in [0.25, 0.3) is 5.91 Å². The molecule has 162 valence electrons. The molecule has 3 rings (SSSR count). The number of halogens is 2. The number of amides is 1. The first kappa shape index (κ1) is 23.1. The molecular weight excluding hydrogens is 465 g/mol. The molecule has 0 radical (unpaired) electrons. The first-order chi connectivity index (χ1) is 14.4. The van der Waals surface area contributed by atoms with Crippen LogP contribution in [0.1, 0.15) is 24.2 Å². The molecule has 0 bridgehead atoms. The van der Waals surface area contributed by atoms with Crippen LogP contribution in [0.15, 0.2) is 18.2 Å². The average Bonchev–Trinajstić information content (AvgIpc) is 3.31. The SMILES string of the molecule is CCN(CC)CCN(C(=O)c1cc(Cl)sc1Cl)c1nc2cc(OC)c(OC)cc2s1. The van der Waals surface area contributed by atoms with Crippen LogP contribution in [0.3, 0.4) is 0 Å². The summed E-state index contributed by atoms with van der Waals surface area (Å²) in [6, 6.07) is 5.30. The molecule has 1 aromatic carbocycles. The standard InChI is InChI=1S/C20H23Cl2N3O3S2/c1-5-24(6-2)7-8-25(19(26)12-9-17(21)30-18(12)22)20-23-13-10-14(27-3)15(28-4)11-16(13)29-20/h9-11H,5-8H2,1-4H3. The van der Waals surface area contributed by atoms with E-state index in [1.54, 1.807) is 25.2 Å². The summed E-state index contributed by atoms with van der Waals surface area (Å²) < 4.78 is 12.5. The highest BCUT2D eigenvalue weighted by molar-refractivity contribution is 7.22. The second kappa shape index (κ2) is 10.2. The minimum Gasteiger partial charge on any atom is -0.493 e. The van der Waals surface area contributed by atoms with E-state index < -0.39 is 0 Å². The summed E-state index contributed by atoms with van der Waals surface area (Å²) in [5.41, 5.74) is 1.13. The lowest BCUT2D eigenvalue weighted by Crippen LogP contribution is -2.38. The molecule has 3 aromatic rings. The van der Waals surface area contributed by atoms with E-state index >= 15 is 0 Å². The maximum atomic E-state index is 13.4. The molecule has 0 unspecified atom stereocenters. The van der Waals surface area contributed by atoms with Crippen molar-refractivity contribution in [1.82, 2.24) is 9.88 Å². The molecule has 0 aliphatic heterocycles. The molecule has 0 saturated heterocycles. The Morgan fingerprint density at radius 3 is 2.27 bits per heavy atom. The molecule has 0 fully saturated rings. The zero-order chi connectivity index (χ0) is 21.8. The fourth-order valence-electron chi connectivity index (χ4n) is 3.06. The van der Waals surface area contributed by atoms with Gasteiger partial charge in [-0.2, -0.15) is 0 Å². The second-order valence-electron chi connectivity index (χ2n) is 6.39. The number of anilines is 1. The van der Waals surface area contributed by atoms with Crippen molar-refractivity contribution < 1.29 is 14.3 Å². The van der Waals surface area contributed by atoms with Crippen LogP contribution in [-0.4, -0.2) is 56.2 Å². The van der Waals surface area contributed by atoms with Gasteiger partial charge in [0.15, 0.2) is 16.6 Å². The van der Waals surface area contributed by atoms with Crippen LogP contribution in [0.5, 0.6) is 11.5 Å². The van der Waals surface area contributed by atoms with Gasteiger partial charge in [-0.05, 0) is 19.2 Å². The molecule has 0 atom stereocenters. The van der Waals surface area contributed by atoms with Gasteiger partial charge in [-0.3, -0.25) is 9.69 Å². The number of ether oxygens (including phenoxy) is 2. The molecule has 2 aromatic heterocycles. The van der Waals surface area contributed by atoms with Gasteiger partial charge >= 0.3 is 0 Å². The van der Waals surface area contributed by atoms with Crippen molar-refractivity contribution >= 4 is 67.1 Å². The monoisotopic (exact) mass is 487 g/mol. The van der Waals surface area contributed by atoms with Crippen molar-refractivity contribution in [3.05, 3.63) is 32.4 Å². The zero-order valence-electron chi connectivity index (χ0n) is 17.2. The van der Waals surface area contributed by atoms with Gasteiger partial charge in [0.2, 0.25) is 0 Å². The largest absolute Gasteiger partial charge is 0.493 e. The van der Waals surface area contributed by atoms with Crippen LogP contribution in [0, 0.1) is 0 Å². The Morgan fingerprint density at radius 2 is 1.70 bits per heavy atom. The van der Waals surface area contributed by atoms with E-state index in [9.17, 15) is 4.79 Å². The summed E-state index contributed by atoms with van der Waals surface area (Å²) >= 11 is 15.0. The first-order valence-corrected chi connectivity index (χ1v) is 11.8. The molecule has 0 saturated carbocycles. The van der Waals surface area contributed by atoms with Crippen LogP contribution in [-0.2, 0) is 0 Å². The molecule has 0 aliphatic rings. The number of fused-ring (bicyclic) bond motifs is 1. The summed E-state index contributed by atoms with van der Waals surface area (Å²) in [5, 5.41) is 0.593. The number of aromatic nitrogens is 1. The predicted octanol–water partition coefficient (Wildman–Crippen LogP) is 5.67. The molecule has 0 spiro atoms. The number of nitrogens with zero attached hydrogens (tertiary/aromatic N) is 3.